The molecule has 0 radical (unpaired) electrons. The number of aliphatic hydroxyl groups excluding tert-OH is 1. The minimum absolute atomic E-state index is 0.134. The van der Waals surface area contributed by atoms with Crippen LogP contribution in [0.25, 0.3) is 0 Å². The normalized spacial score (nSPS) is 51.6. The van der Waals surface area contributed by atoms with Crippen molar-refractivity contribution in [1.82, 2.24) is 0 Å². The summed E-state index contributed by atoms with van der Waals surface area (Å²) in [6, 6.07) is 0. The topological polar surface area (TPSA) is 29.5 Å². The maximum Gasteiger partial charge on any atom is 0.0835 e. The molecule has 2 bridgehead atoms. The zero-order valence-corrected chi connectivity index (χ0v) is 11.3. The Morgan fingerprint density at radius 3 is 2.59 bits per heavy atom. The summed E-state index contributed by atoms with van der Waals surface area (Å²) in [5.41, 5.74) is 1.48. The number of ether oxygens (including phenoxy) is 1. The SMILES string of the molecule is C=C1CO[C@@]2(C[C@H]3CC[C@]2(C)C3(C)C)C1CO. The molecule has 0 aromatic heterocycles. The number of aliphatic hydroxyl groups is 1. The van der Waals surface area contributed by atoms with Crippen LogP contribution in [0, 0.1) is 22.7 Å². The van der Waals surface area contributed by atoms with Crippen LogP contribution < -0.4 is 0 Å². The van der Waals surface area contributed by atoms with Crippen LogP contribution in [-0.2, 0) is 4.74 Å². The highest BCUT2D eigenvalue weighted by Gasteiger charge is 2.73. The summed E-state index contributed by atoms with van der Waals surface area (Å²) in [5.74, 6) is 0.893. The summed E-state index contributed by atoms with van der Waals surface area (Å²) in [6.07, 6.45) is 3.66. The molecule has 17 heavy (non-hydrogen) atoms. The molecule has 2 aliphatic carbocycles. The molecule has 1 unspecified atom stereocenters. The molecule has 1 saturated heterocycles. The third-order valence-electron chi connectivity index (χ3n) is 6.67. The number of fused-ring (bicyclic) bond motifs is 3. The molecule has 2 heteroatoms. The van der Waals surface area contributed by atoms with E-state index in [0.29, 0.717) is 12.0 Å². The van der Waals surface area contributed by atoms with E-state index in [0.717, 1.165) is 17.9 Å². The summed E-state index contributed by atoms with van der Waals surface area (Å²) in [7, 11) is 0. The van der Waals surface area contributed by atoms with Crippen LogP contribution in [0.3, 0.4) is 0 Å². The molecular formula is C15H24O2. The summed E-state index contributed by atoms with van der Waals surface area (Å²) >= 11 is 0. The van der Waals surface area contributed by atoms with Crippen molar-refractivity contribution >= 4 is 0 Å². The van der Waals surface area contributed by atoms with Crippen molar-refractivity contribution in [3.63, 3.8) is 0 Å². The zero-order valence-electron chi connectivity index (χ0n) is 11.3. The van der Waals surface area contributed by atoms with Crippen molar-refractivity contribution in [1.29, 1.82) is 0 Å². The lowest BCUT2D eigenvalue weighted by Crippen LogP contribution is -2.52. The maximum atomic E-state index is 9.73. The van der Waals surface area contributed by atoms with Gasteiger partial charge in [0, 0.05) is 11.3 Å². The van der Waals surface area contributed by atoms with Gasteiger partial charge in [-0.15, -0.1) is 0 Å². The molecule has 1 heterocycles. The number of hydrogen-bond donors (Lipinski definition) is 1. The molecule has 1 spiro atoms. The van der Waals surface area contributed by atoms with Gasteiger partial charge in [0.1, 0.15) is 0 Å². The van der Waals surface area contributed by atoms with Crippen LogP contribution in [-0.4, -0.2) is 23.9 Å². The Morgan fingerprint density at radius 1 is 1.41 bits per heavy atom. The quantitative estimate of drug-likeness (QED) is 0.709. The fourth-order valence-corrected chi connectivity index (χ4v) is 5.08. The van der Waals surface area contributed by atoms with Crippen LogP contribution in [0.1, 0.15) is 40.0 Å². The van der Waals surface area contributed by atoms with Crippen LogP contribution >= 0.6 is 0 Å². The largest absolute Gasteiger partial charge is 0.396 e. The van der Waals surface area contributed by atoms with E-state index in [1.165, 1.54) is 12.8 Å². The predicted molar refractivity (Wildman–Crippen MR) is 67.6 cm³/mol. The summed E-state index contributed by atoms with van der Waals surface area (Å²) in [5, 5.41) is 9.73. The second-order valence-electron chi connectivity index (χ2n) is 7.07. The molecule has 2 nitrogen and oxygen atoms in total. The highest BCUT2D eigenvalue weighted by atomic mass is 16.5. The average Bonchev–Trinajstić information content (AvgIpc) is 2.76. The first-order chi connectivity index (χ1) is 7.89. The van der Waals surface area contributed by atoms with Crippen molar-refractivity contribution in [3.05, 3.63) is 12.2 Å². The van der Waals surface area contributed by atoms with Gasteiger partial charge in [-0.2, -0.15) is 0 Å². The van der Waals surface area contributed by atoms with Gasteiger partial charge in [-0.3, -0.25) is 0 Å². The number of rotatable bonds is 1. The first-order valence-corrected chi connectivity index (χ1v) is 6.81. The van der Waals surface area contributed by atoms with E-state index in [2.05, 4.69) is 27.4 Å². The van der Waals surface area contributed by atoms with Crippen molar-refractivity contribution in [3.8, 4) is 0 Å². The molecule has 96 valence electrons. The fraction of sp³-hybridized carbons (Fsp3) is 0.867. The molecule has 3 fully saturated rings. The summed E-state index contributed by atoms with van der Waals surface area (Å²) in [4.78, 5) is 0. The van der Waals surface area contributed by atoms with E-state index in [4.69, 9.17) is 4.74 Å². The van der Waals surface area contributed by atoms with Gasteiger partial charge in [0.25, 0.3) is 0 Å². The highest BCUT2D eigenvalue weighted by Crippen LogP contribution is 2.74. The van der Waals surface area contributed by atoms with Crippen LogP contribution in [0.5, 0.6) is 0 Å². The van der Waals surface area contributed by atoms with Crippen LogP contribution in [0.15, 0.2) is 12.2 Å². The van der Waals surface area contributed by atoms with Crippen molar-refractivity contribution < 1.29 is 9.84 Å². The molecule has 0 amide bonds. The van der Waals surface area contributed by atoms with Crippen LogP contribution in [0.2, 0.25) is 0 Å². The van der Waals surface area contributed by atoms with Crippen molar-refractivity contribution in [2.75, 3.05) is 13.2 Å². The van der Waals surface area contributed by atoms with Crippen molar-refractivity contribution in [2.24, 2.45) is 22.7 Å². The maximum absolute atomic E-state index is 9.73. The van der Waals surface area contributed by atoms with Gasteiger partial charge >= 0.3 is 0 Å². The Labute approximate surface area is 104 Å². The molecule has 0 aromatic carbocycles. The molecule has 1 N–H and O–H groups in total. The Hall–Kier alpha value is -0.340. The molecule has 2 saturated carbocycles. The summed E-state index contributed by atoms with van der Waals surface area (Å²) < 4.78 is 6.23. The van der Waals surface area contributed by atoms with E-state index in [-0.39, 0.29) is 23.5 Å². The number of hydrogen-bond acceptors (Lipinski definition) is 2. The van der Waals surface area contributed by atoms with E-state index in [1.807, 2.05) is 0 Å². The van der Waals surface area contributed by atoms with Gasteiger partial charge in [0.05, 0.1) is 18.8 Å². The Morgan fingerprint density at radius 2 is 2.12 bits per heavy atom. The van der Waals surface area contributed by atoms with E-state index >= 15 is 0 Å². The Kier molecular flexibility index (Phi) is 2.18. The lowest BCUT2D eigenvalue weighted by atomic mass is 9.60. The third kappa shape index (κ3) is 1.05. The zero-order chi connectivity index (χ0) is 12.5. The van der Waals surface area contributed by atoms with Gasteiger partial charge in [-0.25, -0.2) is 0 Å². The monoisotopic (exact) mass is 236 g/mol. The van der Waals surface area contributed by atoms with Gasteiger partial charge in [0.15, 0.2) is 0 Å². The minimum atomic E-state index is -0.134. The summed E-state index contributed by atoms with van der Waals surface area (Å²) in [6.45, 7) is 12.1. The Bertz CT molecular complexity index is 373. The molecule has 3 aliphatic rings. The van der Waals surface area contributed by atoms with Crippen LogP contribution in [0.4, 0.5) is 0 Å². The van der Waals surface area contributed by atoms with Crippen molar-refractivity contribution in [2.45, 2.75) is 45.6 Å². The second kappa shape index (κ2) is 3.16. The predicted octanol–water partition coefficient (Wildman–Crippen LogP) is 2.77. The average molecular weight is 236 g/mol. The molecule has 1 aliphatic heterocycles. The van der Waals surface area contributed by atoms with E-state index in [9.17, 15) is 5.11 Å². The second-order valence-corrected chi connectivity index (χ2v) is 7.07. The standard InChI is InChI=1S/C15H24O2/c1-10-9-17-15(12(10)8-16)7-11-5-6-14(15,4)13(11,2)3/h11-12,16H,1,5-9H2,2-4H3/t11-,12?,14-,15+/m1/s1. The van der Waals surface area contributed by atoms with Gasteiger partial charge in [0.2, 0.25) is 0 Å². The van der Waals surface area contributed by atoms with Gasteiger partial charge < -0.3 is 9.84 Å². The molecule has 4 atom stereocenters. The van der Waals surface area contributed by atoms with Gasteiger partial charge in [-0.05, 0) is 36.2 Å². The van der Waals surface area contributed by atoms with E-state index in [1.54, 1.807) is 0 Å². The first-order valence-electron chi connectivity index (χ1n) is 6.81. The lowest BCUT2D eigenvalue weighted by molar-refractivity contribution is -0.133. The lowest BCUT2D eigenvalue weighted by Gasteiger charge is -2.48. The minimum Gasteiger partial charge on any atom is -0.396 e. The smallest absolute Gasteiger partial charge is 0.0835 e. The third-order valence-corrected chi connectivity index (χ3v) is 6.67. The first kappa shape index (κ1) is 11.7. The Balaban J connectivity index is 2.09. The molecular weight excluding hydrogens is 212 g/mol. The molecule has 0 aromatic rings. The van der Waals surface area contributed by atoms with Gasteiger partial charge in [-0.1, -0.05) is 27.4 Å². The highest BCUT2D eigenvalue weighted by molar-refractivity contribution is 5.28. The fourth-order valence-electron chi connectivity index (χ4n) is 5.08. The van der Waals surface area contributed by atoms with E-state index < -0.39 is 0 Å². The molecule has 3 rings (SSSR count).